The Morgan fingerprint density at radius 3 is 2.90 bits per heavy atom. The Morgan fingerprint density at radius 2 is 2.35 bits per heavy atom. The van der Waals surface area contributed by atoms with Gasteiger partial charge in [0.05, 0.1) is 16.6 Å². The van der Waals surface area contributed by atoms with Gasteiger partial charge in [0.2, 0.25) is 5.91 Å². The normalized spacial score (nSPS) is 21.8. The Morgan fingerprint density at radius 1 is 1.65 bits per heavy atom. The maximum atomic E-state index is 12.2. The molecular weight excluding hydrogens is 264 g/mol. The second-order valence-corrected chi connectivity index (χ2v) is 5.62. The predicted octanol–water partition coefficient (Wildman–Crippen LogP) is 0.817. The van der Waals surface area contributed by atoms with Gasteiger partial charge in [0.25, 0.3) is 0 Å². The highest BCUT2D eigenvalue weighted by molar-refractivity contribution is 5.76. The van der Waals surface area contributed by atoms with Crippen LogP contribution in [-0.2, 0) is 16.1 Å². The van der Waals surface area contributed by atoms with E-state index in [1.807, 2.05) is 20.8 Å². The molecular formula is C12H18N4O4. The Kier molecular flexibility index (Phi) is 3.76. The van der Waals surface area contributed by atoms with Crippen LogP contribution in [0.15, 0.2) is 12.4 Å². The summed E-state index contributed by atoms with van der Waals surface area (Å²) in [6, 6.07) is 0. The van der Waals surface area contributed by atoms with Crippen molar-refractivity contribution in [1.29, 1.82) is 0 Å². The molecule has 1 aliphatic heterocycles. The van der Waals surface area contributed by atoms with Gasteiger partial charge in [-0.1, -0.05) is 0 Å². The maximum absolute atomic E-state index is 12.2. The van der Waals surface area contributed by atoms with Crippen molar-refractivity contribution in [2.75, 3.05) is 13.1 Å². The zero-order chi connectivity index (χ0) is 14.9. The van der Waals surface area contributed by atoms with Crippen molar-refractivity contribution < 1.29 is 14.5 Å². The number of carbonyl (C=O) groups is 1. The second kappa shape index (κ2) is 5.20. The van der Waals surface area contributed by atoms with Crippen molar-refractivity contribution in [2.24, 2.45) is 0 Å². The van der Waals surface area contributed by atoms with Crippen molar-refractivity contribution >= 4 is 11.6 Å². The van der Waals surface area contributed by atoms with Crippen molar-refractivity contribution in [1.82, 2.24) is 14.7 Å². The zero-order valence-corrected chi connectivity index (χ0v) is 11.8. The average molecular weight is 282 g/mol. The van der Waals surface area contributed by atoms with Crippen LogP contribution in [0.1, 0.15) is 20.8 Å². The van der Waals surface area contributed by atoms with E-state index < -0.39 is 4.92 Å². The summed E-state index contributed by atoms with van der Waals surface area (Å²) in [5.41, 5.74) is -0.503. The third-order valence-electron chi connectivity index (χ3n) is 3.05. The summed E-state index contributed by atoms with van der Waals surface area (Å²) in [7, 11) is 0. The SMILES string of the molecule is CC1CN(C(=O)Cn2cc([N+](=O)[O-])cn2)CC(C)(C)O1. The minimum absolute atomic E-state index is 0.00333. The predicted molar refractivity (Wildman–Crippen MR) is 70.1 cm³/mol. The molecule has 20 heavy (non-hydrogen) atoms. The molecule has 0 aromatic carbocycles. The van der Waals surface area contributed by atoms with E-state index in [1.165, 1.54) is 10.9 Å². The lowest BCUT2D eigenvalue weighted by atomic mass is 10.1. The number of carbonyl (C=O) groups excluding carboxylic acids is 1. The number of amides is 1. The Bertz CT molecular complexity index is 525. The molecule has 1 aromatic heterocycles. The molecule has 1 aromatic rings. The molecule has 2 heterocycles. The fourth-order valence-electron chi connectivity index (χ4n) is 2.42. The third-order valence-corrected chi connectivity index (χ3v) is 3.05. The molecule has 1 atom stereocenters. The van der Waals surface area contributed by atoms with Gasteiger partial charge < -0.3 is 9.64 Å². The van der Waals surface area contributed by atoms with E-state index in [9.17, 15) is 14.9 Å². The highest BCUT2D eigenvalue weighted by Gasteiger charge is 2.33. The van der Waals surface area contributed by atoms with E-state index >= 15 is 0 Å². The van der Waals surface area contributed by atoms with E-state index in [2.05, 4.69) is 5.10 Å². The number of nitro groups is 1. The first-order valence-corrected chi connectivity index (χ1v) is 6.39. The van der Waals surface area contributed by atoms with Crippen LogP contribution in [0, 0.1) is 10.1 Å². The summed E-state index contributed by atoms with van der Waals surface area (Å²) < 4.78 is 7.02. The first-order valence-electron chi connectivity index (χ1n) is 6.39. The molecule has 0 saturated carbocycles. The fraction of sp³-hybridized carbons (Fsp3) is 0.667. The average Bonchev–Trinajstić information content (AvgIpc) is 2.74. The van der Waals surface area contributed by atoms with Crippen LogP contribution in [0.3, 0.4) is 0 Å². The van der Waals surface area contributed by atoms with Gasteiger partial charge in [-0.25, -0.2) is 0 Å². The van der Waals surface area contributed by atoms with Crippen molar-refractivity contribution in [3.63, 3.8) is 0 Å². The van der Waals surface area contributed by atoms with Gasteiger partial charge in [-0.15, -0.1) is 0 Å². The van der Waals surface area contributed by atoms with Crippen LogP contribution in [0.5, 0.6) is 0 Å². The minimum atomic E-state index is -0.534. The van der Waals surface area contributed by atoms with Crippen LogP contribution >= 0.6 is 0 Å². The number of hydrogen-bond donors (Lipinski definition) is 0. The van der Waals surface area contributed by atoms with Crippen LogP contribution in [0.2, 0.25) is 0 Å². The van der Waals surface area contributed by atoms with Crippen LogP contribution < -0.4 is 0 Å². The number of hydrogen-bond acceptors (Lipinski definition) is 5. The Balaban J connectivity index is 2.02. The molecule has 110 valence electrons. The smallest absolute Gasteiger partial charge is 0.307 e. The molecule has 1 amide bonds. The summed E-state index contributed by atoms with van der Waals surface area (Å²) in [5, 5.41) is 14.4. The molecule has 8 nitrogen and oxygen atoms in total. The lowest BCUT2D eigenvalue weighted by Crippen LogP contribution is -2.54. The summed E-state index contributed by atoms with van der Waals surface area (Å²) in [5.74, 6) is -0.119. The molecule has 1 unspecified atom stereocenters. The molecule has 0 N–H and O–H groups in total. The lowest BCUT2D eigenvalue weighted by Gasteiger charge is -2.41. The van der Waals surface area contributed by atoms with Gasteiger partial charge >= 0.3 is 5.69 Å². The van der Waals surface area contributed by atoms with Gasteiger partial charge in [0, 0.05) is 13.1 Å². The van der Waals surface area contributed by atoms with E-state index in [-0.39, 0.29) is 29.8 Å². The molecule has 0 spiro atoms. The number of ether oxygens (including phenoxy) is 1. The summed E-state index contributed by atoms with van der Waals surface area (Å²) in [4.78, 5) is 24.0. The molecule has 2 rings (SSSR count). The molecule has 0 radical (unpaired) electrons. The van der Waals surface area contributed by atoms with Gasteiger partial charge in [0.1, 0.15) is 18.9 Å². The fourth-order valence-corrected chi connectivity index (χ4v) is 2.42. The van der Waals surface area contributed by atoms with Gasteiger partial charge in [-0.2, -0.15) is 5.10 Å². The van der Waals surface area contributed by atoms with Crippen LogP contribution in [-0.4, -0.2) is 50.3 Å². The first-order chi connectivity index (χ1) is 9.27. The molecule has 8 heteroatoms. The molecule has 1 fully saturated rings. The van der Waals surface area contributed by atoms with Gasteiger partial charge in [0.15, 0.2) is 0 Å². The number of morpholine rings is 1. The minimum Gasteiger partial charge on any atom is -0.369 e. The molecule has 0 bridgehead atoms. The lowest BCUT2D eigenvalue weighted by molar-refractivity contribution is -0.385. The molecule has 1 saturated heterocycles. The number of rotatable bonds is 3. The van der Waals surface area contributed by atoms with Gasteiger partial charge in [-0.05, 0) is 20.8 Å². The molecule has 1 aliphatic rings. The van der Waals surface area contributed by atoms with E-state index in [4.69, 9.17) is 4.74 Å². The largest absolute Gasteiger partial charge is 0.369 e. The van der Waals surface area contributed by atoms with E-state index in [0.717, 1.165) is 6.20 Å². The van der Waals surface area contributed by atoms with Crippen LogP contribution in [0.4, 0.5) is 5.69 Å². The molecule has 0 aliphatic carbocycles. The first kappa shape index (κ1) is 14.4. The zero-order valence-electron chi connectivity index (χ0n) is 11.8. The quantitative estimate of drug-likeness (QED) is 0.604. The standard InChI is InChI=1S/C12H18N4O4/c1-9-5-14(8-12(2,3)20-9)11(17)7-15-6-10(4-13-15)16(18)19/h4,6,9H,5,7-8H2,1-3H3. The van der Waals surface area contributed by atoms with E-state index in [0.29, 0.717) is 13.1 Å². The Hall–Kier alpha value is -1.96. The monoisotopic (exact) mass is 282 g/mol. The third kappa shape index (κ3) is 3.32. The highest BCUT2D eigenvalue weighted by Crippen LogP contribution is 2.21. The topological polar surface area (TPSA) is 90.5 Å². The summed E-state index contributed by atoms with van der Waals surface area (Å²) >= 11 is 0. The number of aromatic nitrogens is 2. The van der Waals surface area contributed by atoms with Crippen molar-refractivity contribution in [2.45, 2.75) is 39.0 Å². The van der Waals surface area contributed by atoms with Crippen molar-refractivity contribution in [3.05, 3.63) is 22.5 Å². The van der Waals surface area contributed by atoms with Crippen molar-refractivity contribution in [3.8, 4) is 0 Å². The Labute approximate surface area is 116 Å². The highest BCUT2D eigenvalue weighted by atomic mass is 16.6. The van der Waals surface area contributed by atoms with E-state index in [1.54, 1.807) is 4.90 Å². The van der Waals surface area contributed by atoms with Crippen LogP contribution in [0.25, 0.3) is 0 Å². The number of nitrogens with zero attached hydrogens (tertiary/aromatic N) is 4. The summed E-state index contributed by atoms with van der Waals surface area (Å²) in [6.07, 6.45) is 2.36. The second-order valence-electron chi connectivity index (χ2n) is 5.62. The maximum Gasteiger partial charge on any atom is 0.307 e. The summed E-state index contributed by atoms with van der Waals surface area (Å²) in [6.45, 7) is 6.80. The van der Waals surface area contributed by atoms with Gasteiger partial charge in [-0.3, -0.25) is 19.6 Å².